The molecule has 4 nitrogen and oxygen atoms in total. The minimum Gasteiger partial charge on any atom is -0.312 e. The number of halogens is 3. The number of nitrogens with zero attached hydrogens (tertiary/aromatic N) is 1. The molecule has 1 fully saturated rings. The molecule has 0 spiro atoms. The van der Waals surface area contributed by atoms with Crippen LogP contribution in [-0.4, -0.2) is 27.1 Å². The van der Waals surface area contributed by atoms with Crippen molar-refractivity contribution in [2.75, 3.05) is 17.7 Å². The van der Waals surface area contributed by atoms with Crippen LogP contribution in [-0.2, 0) is 20.8 Å². The maximum Gasteiger partial charge on any atom is 0.417 e. The van der Waals surface area contributed by atoms with Crippen molar-refractivity contribution in [3.8, 4) is 0 Å². The molecule has 0 saturated carbocycles. The van der Waals surface area contributed by atoms with E-state index in [4.69, 9.17) is 0 Å². The molecule has 0 radical (unpaired) electrons. The molecular weight excluding hydrogens is 295 g/mol. The van der Waals surface area contributed by atoms with Gasteiger partial charge in [0.15, 0.2) is 9.84 Å². The molecule has 1 aliphatic heterocycles. The van der Waals surface area contributed by atoms with E-state index in [1.165, 1.54) is 11.0 Å². The molecule has 110 valence electrons. The van der Waals surface area contributed by atoms with E-state index in [1.54, 1.807) is 0 Å². The van der Waals surface area contributed by atoms with Crippen molar-refractivity contribution in [3.05, 3.63) is 23.8 Å². The van der Waals surface area contributed by atoms with Crippen molar-refractivity contribution in [3.63, 3.8) is 0 Å². The predicted octanol–water partition coefficient (Wildman–Crippen LogP) is 2.24. The average molecular weight is 307 g/mol. The molecule has 1 aromatic carbocycles. The zero-order chi connectivity index (χ0) is 15.1. The lowest BCUT2D eigenvalue weighted by molar-refractivity contribution is -0.139. The SMILES string of the molecule is CS(=O)(=O)c1ccc(N2CCCC2=O)cc1C(F)(F)F. The molecule has 1 aromatic rings. The van der Waals surface area contributed by atoms with E-state index < -0.39 is 26.5 Å². The summed E-state index contributed by atoms with van der Waals surface area (Å²) in [6.07, 6.45) is -3.21. The minimum atomic E-state index is -4.79. The fourth-order valence-corrected chi connectivity index (χ4v) is 3.04. The number of carbonyl (C=O) groups excluding carboxylic acids is 1. The van der Waals surface area contributed by atoms with Gasteiger partial charge in [0.1, 0.15) is 0 Å². The van der Waals surface area contributed by atoms with Gasteiger partial charge in [-0.1, -0.05) is 0 Å². The Kier molecular flexibility index (Phi) is 3.53. The number of alkyl halides is 3. The third-order valence-electron chi connectivity index (χ3n) is 3.05. The molecule has 1 saturated heterocycles. The van der Waals surface area contributed by atoms with Crippen LogP contribution in [0.1, 0.15) is 18.4 Å². The van der Waals surface area contributed by atoms with Gasteiger partial charge in [0.05, 0.1) is 10.5 Å². The van der Waals surface area contributed by atoms with E-state index in [0.717, 1.165) is 18.4 Å². The van der Waals surface area contributed by atoms with Gasteiger partial charge in [-0.3, -0.25) is 4.79 Å². The van der Waals surface area contributed by atoms with Crippen molar-refractivity contribution in [2.45, 2.75) is 23.9 Å². The van der Waals surface area contributed by atoms with Crippen LogP contribution in [0, 0.1) is 0 Å². The lowest BCUT2D eigenvalue weighted by Gasteiger charge is -2.19. The Morgan fingerprint density at radius 1 is 1.25 bits per heavy atom. The normalized spacial score (nSPS) is 16.8. The summed E-state index contributed by atoms with van der Waals surface area (Å²) in [5.74, 6) is -0.259. The summed E-state index contributed by atoms with van der Waals surface area (Å²) in [6.45, 7) is 0.342. The van der Waals surface area contributed by atoms with E-state index in [2.05, 4.69) is 0 Å². The highest BCUT2D eigenvalue weighted by molar-refractivity contribution is 7.90. The number of sulfone groups is 1. The number of anilines is 1. The van der Waals surface area contributed by atoms with Gasteiger partial charge in [-0.05, 0) is 24.6 Å². The Morgan fingerprint density at radius 3 is 2.35 bits per heavy atom. The third-order valence-corrected chi connectivity index (χ3v) is 4.21. The number of hydrogen-bond acceptors (Lipinski definition) is 3. The topological polar surface area (TPSA) is 54.5 Å². The Hall–Kier alpha value is -1.57. The second-order valence-electron chi connectivity index (χ2n) is 4.60. The van der Waals surface area contributed by atoms with Crippen LogP contribution in [0.5, 0.6) is 0 Å². The summed E-state index contributed by atoms with van der Waals surface area (Å²) in [5.41, 5.74) is -1.16. The van der Waals surface area contributed by atoms with Crippen LogP contribution in [0.15, 0.2) is 23.1 Å². The van der Waals surface area contributed by atoms with Gasteiger partial charge in [0.2, 0.25) is 5.91 Å². The molecule has 0 aromatic heterocycles. The van der Waals surface area contributed by atoms with Crippen molar-refractivity contribution < 1.29 is 26.4 Å². The fraction of sp³-hybridized carbons (Fsp3) is 0.417. The fourth-order valence-electron chi connectivity index (χ4n) is 2.15. The Morgan fingerprint density at radius 2 is 1.90 bits per heavy atom. The van der Waals surface area contributed by atoms with Crippen LogP contribution in [0.3, 0.4) is 0 Å². The summed E-state index contributed by atoms with van der Waals surface area (Å²) in [6, 6.07) is 2.85. The van der Waals surface area contributed by atoms with Crippen LogP contribution in [0.25, 0.3) is 0 Å². The van der Waals surface area contributed by atoms with Gasteiger partial charge in [0.25, 0.3) is 0 Å². The molecule has 1 amide bonds. The van der Waals surface area contributed by atoms with Gasteiger partial charge >= 0.3 is 6.18 Å². The maximum absolute atomic E-state index is 13.0. The standard InChI is InChI=1S/C12H12F3NO3S/c1-20(18,19)10-5-4-8(7-9(10)12(13,14)15)16-6-2-3-11(16)17/h4-5,7H,2-3,6H2,1H3. The molecule has 20 heavy (non-hydrogen) atoms. The second kappa shape index (κ2) is 4.76. The first-order chi connectivity index (χ1) is 9.10. The zero-order valence-electron chi connectivity index (χ0n) is 10.6. The average Bonchev–Trinajstić information content (AvgIpc) is 2.72. The molecule has 8 heteroatoms. The summed E-state index contributed by atoms with van der Waals surface area (Å²) in [7, 11) is -3.99. The lowest BCUT2D eigenvalue weighted by atomic mass is 10.2. The molecule has 0 aliphatic carbocycles. The van der Waals surface area contributed by atoms with Gasteiger partial charge in [0, 0.05) is 24.9 Å². The number of carbonyl (C=O) groups is 1. The molecule has 0 atom stereocenters. The molecule has 1 aliphatic rings. The Labute approximate surface area is 114 Å². The zero-order valence-corrected chi connectivity index (χ0v) is 11.4. The third kappa shape index (κ3) is 2.79. The van der Waals surface area contributed by atoms with Crippen LogP contribution < -0.4 is 4.90 Å². The van der Waals surface area contributed by atoms with Crippen molar-refractivity contribution in [1.29, 1.82) is 0 Å². The van der Waals surface area contributed by atoms with Crippen LogP contribution in [0.4, 0.5) is 18.9 Å². The van der Waals surface area contributed by atoms with Crippen LogP contribution in [0.2, 0.25) is 0 Å². The summed E-state index contributed by atoms with van der Waals surface area (Å²) in [4.78, 5) is 12.0. The Balaban J connectivity index is 2.58. The number of benzene rings is 1. The molecule has 0 bridgehead atoms. The number of amides is 1. The molecule has 0 N–H and O–H groups in total. The van der Waals surface area contributed by atoms with Gasteiger partial charge in [-0.2, -0.15) is 13.2 Å². The first-order valence-electron chi connectivity index (χ1n) is 5.82. The summed E-state index contributed by atoms with van der Waals surface area (Å²) >= 11 is 0. The van der Waals surface area contributed by atoms with Crippen molar-refractivity contribution in [1.82, 2.24) is 0 Å². The maximum atomic E-state index is 13.0. The predicted molar refractivity (Wildman–Crippen MR) is 66.1 cm³/mol. The first kappa shape index (κ1) is 14.8. The smallest absolute Gasteiger partial charge is 0.312 e. The summed E-state index contributed by atoms with van der Waals surface area (Å²) in [5, 5.41) is 0. The van der Waals surface area contributed by atoms with Gasteiger partial charge in [-0.25, -0.2) is 8.42 Å². The van der Waals surface area contributed by atoms with E-state index in [-0.39, 0.29) is 18.0 Å². The number of hydrogen-bond donors (Lipinski definition) is 0. The van der Waals surface area contributed by atoms with Gasteiger partial charge in [-0.15, -0.1) is 0 Å². The van der Waals surface area contributed by atoms with Crippen molar-refractivity contribution in [2.24, 2.45) is 0 Å². The second-order valence-corrected chi connectivity index (χ2v) is 6.58. The highest BCUT2D eigenvalue weighted by atomic mass is 32.2. The highest BCUT2D eigenvalue weighted by Crippen LogP contribution is 2.37. The molecule has 2 rings (SSSR count). The molecule has 0 unspecified atom stereocenters. The first-order valence-corrected chi connectivity index (χ1v) is 7.71. The van der Waals surface area contributed by atoms with E-state index in [9.17, 15) is 26.4 Å². The molecule has 1 heterocycles. The lowest BCUT2D eigenvalue weighted by Crippen LogP contribution is -2.24. The largest absolute Gasteiger partial charge is 0.417 e. The summed E-state index contributed by atoms with van der Waals surface area (Å²) < 4.78 is 61.8. The quantitative estimate of drug-likeness (QED) is 0.842. The van der Waals surface area contributed by atoms with Gasteiger partial charge < -0.3 is 4.90 Å². The molecular formula is C12H12F3NO3S. The Bertz CT molecular complexity index is 652. The van der Waals surface area contributed by atoms with Crippen molar-refractivity contribution >= 4 is 21.4 Å². The highest BCUT2D eigenvalue weighted by Gasteiger charge is 2.37. The monoisotopic (exact) mass is 307 g/mol. The number of rotatable bonds is 2. The van der Waals surface area contributed by atoms with E-state index >= 15 is 0 Å². The van der Waals surface area contributed by atoms with E-state index in [0.29, 0.717) is 13.0 Å². The van der Waals surface area contributed by atoms with E-state index in [1.807, 2.05) is 0 Å². The van der Waals surface area contributed by atoms with Crippen LogP contribution >= 0.6 is 0 Å². The minimum absolute atomic E-state index is 0.0761.